The van der Waals surface area contributed by atoms with Gasteiger partial charge in [0.15, 0.2) is 0 Å². The molecule has 1 unspecified atom stereocenters. The molecule has 0 bridgehead atoms. The Morgan fingerprint density at radius 1 is 0.911 bits per heavy atom. The fraction of sp³-hybridized carbons (Fsp3) is 0.344. The van der Waals surface area contributed by atoms with E-state index in [4.69, 9.17) is 14.2 Å². The molecule has 1 atom stereocenters. The van der Waals surface area contributed by atoms with Crippen molar-refractivity contribution in [2.75, 3.05) is 37.7 Å². The summed E-state index contributed by atoms with van der Waals surface area (Å²) in [7, 11) is 0. The normalized spacial score (nSPS) is 17.0. The maximum Gasteiger partial charge on any atom is 0.416 e. The molecule has 10 nitrogen and oxygen atoms in total. The first-order valence-corrected chi connectivity index (χ1v) is 14.7. The lowest BCUT2D eigenvalue weighted by molar-refractivity contribution is -0.389. The Morgan fingerprint density at radius 3 is 2.38 bits per heavy atom. The van der Waals surface area contributed by atoms with Crippen LogP contribution in [0.2, 0.25) is 0 Å². The Morgan fingerprint density at radius 2 is 1.67 bits per heavy atom. The topological polar surface area (TPSA) is 95.1 Å². The van der Waals surface area contributed by atoms with Crippen molar-refractivity contribution in [3.05, 3.63) is 106 Å². The average Bonchev–Trinajstić information content (AvgIpc) is 3.48. The van der Waals surface area contributed by atoms with Crippen LogP contribution >= 0.6 is 0 Å². The summed E-state index contributed by atoms with van der Waals surface area (Å²) in [6.07, 6.45) is -2.53. The summed E-state index contributed by atoms with van der Waals surface area (Å²) in [4.78, 5) is 19.1. The first-order chi connectivity index (χ1) is 21.7. The van der Waals surface area contributed by atoms with Crippen molar-refractivity contribution in [2.45, 2.75) is 38.4 Å². The van der Waals surface area contributed by atoms with Crippen LogP contribution in [-0.2, 0) is 25.9 Å². The van der Waals surface area contributed by atoms with Gasteiger partial charge in [0, 0.05) is 56.4 Å². The van der Waals surface area contributed by atoms with Crippen LogP contribution in [0.5, 0.6) is 17.5 Å². The Bertz CT molecular complexity index is 1600. The van der Waals surface area contributed by atoms with E-state index in [-0.39, 0.29) is 24.5 Å². The number of hydrogen-bond acceptors (Lipinski definition) is 8. The molecule has 1 fully saturated rings. The number of ether oxygens (including phenoxy) is 3. The van der Waals surface area contributed by atoms with Gasteiger partial charge in [0.05, 0.1) is 5.56 Å². The second-order valence-electron chi connectivity index (χ2n) is 11.1. The van der Waals surface area contributed by atoms with E-state index in [0.717, 1.165) is 61.9 Å². The molecule has 2 aliphatic heterocycles. The lowest BCUT2D eigenvalue weighted by Crippen LogP contribution is -2.45. The zero-order chi connectivity index (χ0) is 31.4. The second-order valence-corrected chi connectivity index (χ2v) is 11.1. The third-order valence-electron chi connectivity index (χ3n) is 7.88. The number of anilines is 1. The number of rotatable bonds is 10. The zero-order valence-corrected chi connectivity index (χ0v) is 24.4. The van der Waals surface area contributed by atoms with E-state index in [0.29, 0.717) is 30.9 Å². The standard InChI is InChI=1S/C32H32F3N5O5/c33-32(34,35)25-6-4-23(5-7-25)21-43-28-3-1-2-24(18-28)19-37-14-16-38(17-15-37)26-8-10-27(11-9-26)44-22-29-12-13-39-20-30(40(41)42)36-31(39)45-29/h1-11,18,20,29H,12-17,19,21-22H2. The number of aromatic nitrogens is 2. The largest absolute Gasteiger partial charge is 0.490 e. The molecular formula is C32H32F3N5O5. The Hall–Kier alpha value is -4.78. The molecule has 236 valence electrons. The quantitative estimate of drug-likeness (QED) is 0.158. The molecule has 0 saturated carbocycles. The minimum absolute atomic E-state index is 0.192. The van der Waals surface area contributed by atoms with Crippen molar-refractivity contribution >= 4 is 11.5 Å². The van der Waals surface area contributed by atoms with Gasteiger partial charge in [-0.05, 0) is 64.6 Å². The van der Waals surface area contributed by atoms with Gasteiger partial charge in [-0.25, -0.2) is 0 Å². The molecule has 0 radical (unpaired) electrons. The van der Waals surface area contributed by atoms with Crippen LogP contribution in [0.15, 0.2) is 79.0 Å². The maximum atomic E-state index is 12.8. The number of aryl methyl sites for hydroxylation is 1. The summed E-state index contributed by atoms with van der Waals surface area (Å²) < 4.78 is 57.6. The molecule has 13 heteroatoms. The van der Waals surface area contributed by atoms with E-state index >= 15 is 0 Å². The van der Waals surface area contributed by atoms with Crippen molar-refractivity contribution in [3.8, 4) is 17.5 Å². The van der Waals surface area contributed by atoms with Gasteiger partial charge in [-0.1, -0.05) is 24.3 Å². The average molecular weight is 624 g/mol. The molecule has 6 rings (SSSR count). The molecule has 45 heavy (non-hydrogen) atoms. The molecule has 3 aromatic carbocycles. The fourth-order valence-corrected chi connectivity index (χ4v) is 5.39. The number of benzene rings is 3. The summed E-state index contributed by atoms with van der Waals surface area (Å²) in [6.45, 7) is 5.40. The van der Waals surface area contributed by atoms with Crippen LogP contribution in [0, 0.1) is 10.1 Å². The minimum atomic E-state index is -4.35. The highest BCUT2D eigenvalue weighted by Gasteiger charge is 2.30. The van der Waals surface area contributed by atoms with E-state index in [1.54, 1.807) is 4.57 Å². The van der Waals surface area contributed by atoms with Gasteiger partial charge in [0.1, 0.15) is 37.0 Å². The summed E-state index contributed by atoms with van der Waals surface area (Å²) >= 11 is 0. The number of piperazine rings is 1. The highest BCUT2D eigenvalue weighted by Crippen LogP contribution is 2.30. The maximum absolute atomic E-state index is 12.8. The summed E-state index contributed by atoms with van der Waals surface area (Å²) in [5.74, 6) is 1.18. The highest BCUT2D eigenvalue weighted by molar-refractivity contribution is 5.49. The number of alkyl halides is 3. The Labute approximate surface area is 257 Å². The van der Waals surface area contributed by atoms with Gasteiger partial charge in [-0.15, -0.1) is 0 Å². The lowest BCUT2D eigenvalue weighted by atomic mass is 10.1. The fourth-order valence-electron chi connectivity index (χ4n) is 5.39. The van der Waals surface area contributed by atoms with Crippen LogP contribution in [0.1, 0.15) is 23.1 Å². The summed E-state index contributed by atoms with van der Waals surface area (Å²) in [6, 6.07) is 21.0. The molecule has 2 aliphatic rings. The first kappa shape index (κ1) is 30.3. The number of fused-ring (bicyclic) bond motifs is 1. The molecule has 3 heterocycles. The van der Waals surface area contributed by atoms with Crippen LogP contribution in [0.3, 0.4) is 0 Å². The molecule has 1 aromatic heterocycles. The van der Waals surface area contributed by atoms with Gasteiger partial charge in [-0.3, -0.25) is 9.47 Å². The van der Waals surface area contributed by atoms with Crippen LogP contribution in [-0.4, -0.2) is 58.3 Å². The Kier molecular flexibility index (Phi) is 8.78. The Balaban J connectivity index is 0.936. The van der Waals surface area contributed by atoms with E-state index in [2.05, 4.69) is 14.8 Å². The van der Waals surface area contributed by atoms with Gasteiger partial charge in [0.25, 0.3) is 0 Å². The zero-order valence-electron chi connectivity index (χ0n) is 24.4. The number of nitrogens with zero attached hydrogens (tertiary/aromatic N) is 5. The van der Waals surface area contributed by atoms with E-state index in [9.17, 15) is 23.3 Å². The lowest BCUT2D eigenvalue weighted by Gasteiger charge is -2.36. The molecular weight excluding hydrogens is 591 g/mol. The predicted octanol–water partition coefficient (Wildman–Crippen LogP) is 5.94. The van der Waals surface area contributed by atoms with Crippen molar-refractivity contribution in [1.82, 2.24) is 14.5 Å². The van der Waals surface area contributed by atoms with Crippen LogP contribution < -0.4 is 19.1 Å². The van der Waals surface area contributed by atoms with Crippen molar-refractivity contribution < 1.29 is 32.3 Å². The van der Waals surface area contributed by atoms with Crippen molar-refractivity contribution in [2.24, 2.45) is 0 Å². The van der Waals surface area contributed by atoms with Gasteiger partial charge in [-0.2, -0.15) is 13.2 Å². The van der Waals surface area contributed by atoms with E-state index < -0.39 is 16.7 Å². The van der Waals surface area contributed by atoms with Crippen LogP contribution in [0.25, 0.3) is 0 Å². The van der Waals surface area contributed by atoms with Crippen LogP contribution in [0.4, 0.5) is 24.7 Å². The number of imidazole rings is 1. The monoisotopic (exact) mass is 623 g/mol. The summed E-state index contributed by atoms with van der Waals surface area (Å²) in [5.41, 5.74) is 2.23. The van der Waals surface area contributed by atoms with Crippen molar-refractivity contribution in [1.29, 1.82) is 0 Å². The SMILES string of the molecule is O=[N+]([O-])c1cn2c(n1)OC(COc1ccc(N3CCN(Cc4cccc(OCc5ccc(C(F)(F)F)cc5)c4)CC3)cc1)CC2. The predicted molar refractivity (Wildman–Crippen MR) is 160 cm³/mol. The highest BCUT2D eigenvalue weighted by atomic mass is 19.4. The third kappa shape index (κ3) is 7.66. The third-order valence-corrected chi connectivity index (χ3v) is 7.88. The van der Waals surface area contributed by atoms with Gasteiger partial charge < -0.3 is 29.2 Å². The van der Waals surface area contributed by atoms with Gasteiger partial charge in [0.2, 0.25) is 0 Å². The molecule has 0 amide bonds. The van der Waals surface area contributed by atoms with Gasteiger partial charge >= 0.3 is 18.0 Å². The number of nitro groups is 1. The number of halogens is 3. The summed E-state index contributed by atoms with van der Waals surface area (Å²) in [5, 5.41) is 11.0. The van der Waals surface area contributed by atoms with E-state index in [1.807, 2.05) is 48.5 Å². The molecule has 0 N–H and O–H groups in total. The first-order valence-electron chi connectivity index (χ1n) is 14.7. The molecule has 4 aromatic rings. The molecule has 1 saturated heterocycles. The number of hydrogen-bond donors (Lipinski definition) is 0. The minimum Gasteiger partial charge on any atom is -0.490 e. The molecule has 0 spiro atoms. The smallest absolute Gasteiger partial charge is 0.416 e. The molecule has 0 aliphatic carbocycles. The van der Waals surface area contributed by atoms with Crippen molar-refractivity contribution in [3.63, 3.8) is 0 Å². The second kappa shape index (κ2) is 13.1. The van der Waals surface area contributed by atoms with E-state index in [1.165, 1.54) is 18.3 Å².